The zero-order valence-electron chi connectivity index (χ0n) is 12.8. The van der Waals surface area contributed by atoms with E-state index in [1.807, 2.05) is 25.1 Å². The lowest BCUT2D eigenvalue weighted by Crippen LogP contribution is -2.28. The molecule has 124 valence electrons. The summed E-state index contributed by atoms with van der Waals surface area (Å²) < 4.78 is 5.39. The Morgan fingerprint density at radius 2 is 2.00 bits per heavy atom. The zero-order chi connectivity index (χ0) is 15.5. The van der Waals surface area contributed by atoms with Gasteiger partial charge in [0.25, 0.3) is 5.91 Å². The summed E-state index contributed by atoms with van der Waals surface area (Å²) >= 11 is 0. The molecule has 0 aliphatic carbocycles. The molecule has 0 bridgehead atoms. The van der Waals surface area contributed by atoms with E-state index in [9.17, 15) is 9.59 Å². The number of likely N-dealkylation sites (N-methyl/N-ethyl adjacent to an activating group) is 1. The van der Waals surface area contributed by atoms with Gasteiger partial charge in [0.15, 0.2) is 6.61 Å². The third-order valence-corrected chi connectivity index (χ3v) is 2.74. The van der Waals surface area contributed by atoms with E-state index >= 15 is 0 Å². The van der Waals surface area contributed by atoms with Crippen molar-refractivity contribution in [3.63, 3.8) is 0 Å². The number of carbonyl (C=O) groups is 2. The van der Waals surface area contributed by atoms with Crippen molar-refractivity contribution in [2.75, 3.05) is 19.7 Å². The normalized spacial score (nSPS) is 9.55. The van der Waals surface area contributed by atoms with Crippen LogP contribution in [0.4, 0.5) is 0 Å². The molecule has 0 aromatic heterocycles. The molecular weight excluding hydrogens is 306 g/mol. The maximum absolute atomic E-state index is 11.5. The summed E-state index contributed by atoms with van der Waals surface area (Å²) in [5, 5.41) is 5.48. The average molecular weight is 330 g/mol. The van der Waals surface area contributed by atoms with E-state index in [1.54, 1.807) is 6.07 Å². The van der Waals surface area contributed by atoms with E-state index in [-0.39, 0.29) is 30.8 Å². The van der Waals surface area contributed by atoms with E-state index in [4.69, 9.17) is 10.5 Å². The maximum atomic E-state index is 11.5. The second kappa shape index (κ2) is 11.8. The molecule has 7 heteroatoms. The largest absolute Gasteiger partial charge is 0.484 e. The molecule has 6 nitrogen and oxygen atoms in total. The third kappa shape index (κ3) is 8.49. The number of nitrogens with one attached hydrogen (secondary N) is 2. The number of carbonyl (C=O) groups excluding carboxylic acids is 2. The summed E-state index contributed by atoms with van der Waals surface area (Å²) in [6, 6.07) is 7.30. The fourth-order valence-electron chi connectivity index (χ4n) is 1.69. The lowest BCUT2D eigenvalue weighted by atomic mass is 10.2. The number of hydrogen-bond donors (Lipinski definition) is 3. The lowest BCUT2D eigenvalue weighted by molar-refractivity contribution is -0.123. The highest BCUT2D eigenvalue weighted by Crippen LogP contribution is 2.13. The standard InChI is InChI=1S/C15H23N3O3.ClH/c1-2-17-15(20)11-21-13-6-3-5-12(9-13)10-18-14(19)7-4-8-16;/h3,5-6,9H,2,4,7-8,10-11,16H2,1H3,(H,17,20)(H,18,19);1H. The summed E-state index contributed by atoms with van der Waals surface area (Å²) in [5.74, 6) is 0.432. The molecule has 0 aliphatic rings. The first kappa shape index (κ1) is 20.2. The van der Waals surface area contributed by atoms with Gasteiger partial charge in [0.05, 0.1) is 0 Å². The molecular formula is C15H24ClN3O3. The summed E-state index contributed by atoms with van der Waals surface area (Å²) in [4.78, 5) is 22.8. The molecule has 0 fully saturated rings. The van der Waals surface area contributed by atoms with Gasteiger partial charge in [-0.15, -0.1) is 12.4 Å². The van der Waals surface area contributed by atoms with Gasteiger partial charge in [-0.2, -0.15) is 0 Å². The van der Waals surface area contributed by atoms with Gasteiger partial charge in [-0.25, -0.2) is 0 Å². The lowest BCUT2D eigenvalue weighted by Gasteiger charge is -2.09. The van der Waals surface area contributed by atoms with Gasteiger partial charge in [0, 0.05) is 19.5 Å². The Kier molecular flexibility index (Phi) is 10.9. The van der Waals surface area contributed by atoms with Crippen LogP contribution in [0.25, 0.3) is 0 Å². The van der Waals surface area contributed by atoms with Crippen LogP contribution in [0.2, 0.25) is 0 Å². The molecule has 4 N–H and O–H groups in total. The van der Waals surface area contributed by atoms with Crippen molar-refractivity contribution >= 4 is 24.2 Å². The smallest absolute Gasteiger partial charge is 0.257 e. The molecule has 0 aliphatic heterocycles. The number of amides is 2. The summed E-state index contributed by atoms with van der Waals surface area (Å²) in [7, 11) is 0. The van der Waals surface area contributed by atoms with Gasteiger partial charge >= 0.3 is 0 Å². The van der Waals surface area contributed by atoms with Crippen LogP contribution >= 0.6 is 12.4 Å². The van der Waals surface area contributed by atoms with Gasteiger partial charge in [0.1, 0.15) is 5.75 Å². The summed E-state index contributed by atoms with van der Waals surface area (Å²) in [6.45, 7) is 3.36. The molecule has 0 radical (unpaired) electrons. The first-order valence-corrected chi connectivity index (χ1v) is 7.11. The van der Waals surface area contributed by atoms with Gasteiger partial charge in [-0.3, -0.25) is 9.59 Å². The topological polar surface area (TPSA) is 93.5 Å². The molecule has 1 rings (SSSR count). The number of hydrogen-bond acceptors (Lipinski definition) is 4. The molecule has 0 spiro atoms. The van der Waals surface area contributed by atoms with Crippen LogP contribution in [0.5, 0.6) is 5.75 Å². The highest BCUT2D eigenvalue weighted by atomic mass is 35.5. The zero-order valence-corrected chi connectivity index (χ0v) is 13.6. The summed E-state index contributed by atoms with van der Waals surface area (Å²) in [5.41, 5.74) is 6.27. The van der Waals surface area contributed by atoms with Crippen LogP contribution in [0.15, 0.2) is 24.3 Å². The Labute approximate surface area is 137 Å². The van der Waals surface area contributed by atoms with Gasteiger partial charge < -0.3 is 21.1 Å². The molecule has 0 atom stereocenters. The molecule has 1 aromatic carbocycles. The van der Waals surface area contributed by atoms with Crippen molar-refractivity contribution in [3.8, 4) is 5.75 Å². The molecule has 0 saturated carbocycles. The Bertz CT molecular complexity index is 469. The molecule has 0 saturated heterocycles. The van der Waals surface area contributed by atoms with Crippen molar-refractivity contribution in [2.45, 2.75) is 26.3 Å². The van der Waals surface area contributed by atoms with Crippen molar-refractivity contribution in [2.24, 2.45) is 5.73 Å². The number of ether oxygens (including phenoxy) is 1. The average Bonchev–Trinajstić information content (AvgIpc) is 2.49. The van der Waals surface area contributed by atoms with Crippen LogP contribution < -0.4 is 21.1 Å². The highest BCUT2D eigenvalue weighted by molar-refractivity contribution is 5.85. The van der Waals surface area contributed by atoms with Gasteiger partial charge in [0.2, 0.25) is 5.91 Å². The van der Waals surface area contributed by atoms with Gasteiger partial charge in [-0.1, -0.05) is 12.1 Å². The molecule has 22 heavy (non-hydrogen) atoms. The van der Waals surface area contributed by atoms with E-state index in [0.29, 0.717) is 38.2 Å². The Balaban J connectivity index is 0.00000441. The van der Waals surface area contributed by atoms with Crippen molar-refractivity contribution in [1.82, 2.24) is 10.6 Å². The van der Waals surface area contributed by atoms with Crippen LogP contribution in [0.1, 0.15) is 25.3 Å². The quantitative estimate of drug-likeness (QED) is 0.629. The van der Waals surface area contributed by atoms with Crippen LogP contribution in [-0.2, 0) is 16.1 Å². The van der Waals surface area contributed by atoms with Crippen LogP contribution in [0.3, 0.4) is 0 Å². The third-order valence-electron chi connectivity index (χ3n) is 2.74. The highest BCUT2D eigenvalue weighted by Gasteiger charge is 2.03. The fourth-order valence-corrected chi connectivity index (χ4v) is 1.69. The predicted octanol–water partition coefficient (Wildman–Crippen LogP) is 0.978. The van der Waals surface area contributed by atoms with E-state index < -0.39 is 0 Å². The van der Waals surface area contributed by atoms with E-state index in [0.717, 1.165) is 5.56 Å². The first-order valence-electron chi connectivity index (χ1n) is 7.11. The van der Waals surface area contributed by atoms with Crippen LogP contribution in [0, 0.1) is 0 Å². The maximum Gasteiger partial charge on any atom is 0.257 e. The minimum absolute atomic E-state index is 0. The second-order valence-electron chi connectivity index (χ2n) is 4.56. The van der Waals surface area contributed by atoms with Gasteiger partial charge in [-0.05, 0) is 37.6 Å². The van der Waals surface area contributed by atoms with Crippen molar-refractivity contribution in [3.05, 3.63) is 29.8 Å². The molecule has 1 aromatic rings. The molecule has 2 amide bonds. The molecule has 0 unspecified atom stereocenters. The second-order valence-corrected chi connectivity index (χ2v) is 4.56. The number of halogens is 1. The van der Waals surface area contributed by atoms with E-state index in [2.05, 4.69) is 10.6 Å². The SMILES string of the molecule is CCNC(=O)COc1cccc(CNC(=O)CCCN)c1.Cl. The Morgan fingerprint density at radius 1 is 1.23 bits per heavy atom. The van der Waals surface area contributed by atoms with Crippen molar-refractivity contribution in [1.29, 1.82) is 0 Å². The van der Waals surface area contributed by atoms with Crippen LogP contribution in [-0.4, -0.2) is 31.5 Å². The van der Waals surface area contributed by atoms with E-state index in [1.165, 1.54) is 0 Å². The number of rotatable bonds is 9. The number of nitrogens with two attached hydrogens (primary N) is 1. The predicted molar refractivity (Wildman–Crippen MR) is 88.0 cm³/mol. The summed E-state index contributed by atoms with van der Waals surface area (Å²) in [6.07, 6.45) is 1.12. The molecule has 0 heterocycles. The Morgan fingerprint density at radius 3 is 2.68 bits per heavy atom. The monoisotopic (exact) mass is 329 g/mol. The first-order chi connectivity index (χ1) is 10.2. The minimum Gasteiger partial charge on any atom is -0.484 e. The minimum atomic E-state index is -0.155. The Hall–Kier alpha value is -1.79. The van der Waals surface area contributed by atoms with Crippen molar-refractivity contribution < 1.29 is 14.3 Å². The number of benzene rings is 1. The fraction of sp³-hybridized carbons (Fsp3) is 0.467.